The third kappa shape index (κ3) is 4.49. The van der Waals surface area contributed by atoms with Crippen molar-refractivity contribution in [1.82, 2.24) is 9.97 Å². The second-order valence-corrected chi connectivity index (χ2v) is 14.1. The molecule has 0 amide bonds. The predicted octanol–water partition coefficient (Wildman–Crippen LogP) is 12.8. The average Bonchev–Trinajstić information content (AvgIpc) is 3.54. The van der Waals surface area contributed by atoms with E-state index in [0.717, 1.165) is 61.8 Å². The maximum Gasteiger partial charge on any atom is 0.160 e. The first-order chi connectivity index (χ1) is 26.8. The van der Waals surface area contributed by atoms with Crippen molar-refractivity contribution in [2.75, 3.05) is 0 Å². The second-order valence-electron chi connectivity index (χ2n) is 14.1. The van der Waals surface area contributed by atoms with E-state index in [2.05, 4.69) is 188 Å². The number of aromatic nitrogens is 2. The van der Waals surface area contributed by atoms with E-state index < -0.39 is 5.41 Å². The van der Waals surface area contributed by atoms with Gasteiger partial charge in [0.2, 0.25) is 0 Å². The molecule has 0 saturated heterocycles. The molecule has 0 bridgehead atoms. The fourth-order valence-electron chi connectivity index (χ4n) is 8.88. The number of fused-ring (bicyclic) bond motifs is 10. The number of hydrogen-bond donors (Lipinski definition) is 0. The smallest absolute Gasteiger partial charge is 0.160 e. The summed E-state index contributed by atoms with van der Waals surface area (Å²) in [4.78, 5) is 10.4. The van der Waals surface area contributed by atoms with Crippen molar-refractivity contribution in [2.45, 2.75) is 5.41 Å². The molecule has 1 spiro atoms. The number of para-hydroxylation sites is 1. The largest absolute Gasteiger partial charge is 0.457 e. The molecule has 0 atom stereocenters. The summed E-state index contributed by atoms with van der Waals surface area (Å²) in [5.74, 6) is 2.45. The van der Waals surface area contributed by atoms with Gasteiger partial charge in [0.15, 0.2) is 5.82 Å². The second kappa shape index (κ2) is 12.0. The van der Waals surface area contributed by atoms with Crippen molar-refractivity contribution >= 4 is 10.8 Å². The molecular weight excluding hydrogens is 657 g/mol. The predicted molar refractivity (Wildman–Crippen MR) is 219 cm³/mol. The van der Waals surface area contributed by atoms with E-state index in [1.54, 1.807) is 0 Å². The van der Waals surface area contributed by atoms with E-state index in [4.69, 9.17) is 14.7 Å². The van der Waals surface area contributed by atoms with Crippen LogP contribution < -0.4 is 4.74 Å². The zero-order valence-electron chi connectivity index (χ0n) is 29.3. The molecule has 252 valence electrons. The third-order valence-electron chi connectivity index (χ3n) is 11.2. The lowest BCUT2D eigenvalue weighted by Crippen LogP contribution is -2.32. The Hall–Kier alpha value is -7.10. The van der Waals surface area contributed by atoms with Crippen molar-refractivity contribution in [3.8, 4) is 67.7 Å². The average molecular weight is 689 g/mol. The molecule has 0 unspecified atom stereocenters. The molecule has 9 aromatic rings. The molecule has 3 heteroatoms. The van der Waals surface area contributed by atoms with Crippen LogP contribution in [-0.2, 0) is 5.41 Å². The van der Waals surface area contributed by atoms with Crippen LogP contribution >= 0.6 is 0 Å². The van der Waals surface area contributed by atoms with E-state index in [1.165, 1.54) is 33.0 Å². The number of hydrogen-bond acceptors (Lipinski definition) is 3. The summed E-state index contributed by atoms with van der Waals surface area (Å²) < 4.78 is 6.77. The lowest BCUT2D eigenvalue weighted by atomic mass is 9.64. The summed E-state index contributed by atoms with van der Waals surface area (Å²) in [6.07, 6.45) is 0. The van der Waals surface area contributed by atoms with Gasteiger partial charge in [-0.25, -0.2) is 9.97 Å². The minimum absolute atomic E-state index is 0.548. The molecule has 8 aromatic carbocycles. The Morgan fingerprint density at radius 1 is 0.370 bits per heavy atom. The van der Waals surface area contributed by atoms with Crippen LogP contribution in [0.1, 0.15) is 22.3 Å². The monoisotopic (exact) mass is 688 g/mol. The van der Waals surface area contributed by atoms with Gasteiger partial charge in [-0.1, -0.05) is 176 Å². The molecule has 54 heavy (non-hydrogen) atoms. The Labute approximate surface area is 313 Å². The molecule has 0 N–H and O–H groups in total. The van der Waals surface area contributed by atoms with Gasteiger partial charge >= 0.3 is 0 Å². The molecule has 0 saturated carbocycles. The highest BCUT2D eigenvalue weighted by Gasteiger charge is 2.52. The normalized spacial score (nSPS) is 13.1. The summed E-state index contributed by atoms with van der Waals surface area (Å²) >= 11 is 0. The minimum atomic E-state index is -0.548. The van der Waals surface area contributed by atoms with Crippen LogP contribution in [0.15, 0.2) is 194 Å². The van der Waals surface area contributed by atoms with Crippen LogP contribution in [0.5, 0.6) is 11.5 Å². The van der Waals surface area contributed by atoms with Gasteiger partial charge in [0.1, 0.15) is 11.5 Å². The Morgan fingerprint density at radius 3 is 1.72 bits per heavy atom. The summed E-state index contributed by atoms with van der Waals surface area (Å²) in [7, 11) is 0. The zero-order valence-corrected chi connectivity index (χ0v) is 29.3. The number of rotatable bonds is 4. The topological polar surface area (TPSA) is 35.0 Å². The van der Waals surface area contributed by atoms with Crippen LogP contribution in [0, 0.1) is 0 Å². The SMILES string of the molecule is c1ccc(-c2cc(-c3cccc4ccccc34)nc(-c3ccc(-c4cccc5c4C4(c6ccccc6O5)c5ccccc5-c5ccccc54)cc3)n2)cc1. The van der Waals surface area contributed by atoms with Gasteiger partial charge in [-0.3, -0.25) is 0 Å². The van der Waals surface area contributed by atoms with Crippen LogP contribution in [0.2, 0.25) is 0 Å². The lowest BCUT2D eigenvalue weighted by Gasteiger charge is -2.40. The van der Waals surface area contributed by atoms with Crippen LogP contribution in [-0.4, -0.2) is 9.97 Å². The first kappa shape index (κ1) is 30.5. The molecule has 3 nitrogen and oxygen atoms in total. The van der Waals surface area contributed by atoms with E-state index >= 15 is 0 Å². The van der Waals surface area contributed by atoms with Gasteiger partial charge in [-0.2, -0.15) is 0 Å². The molecule has 1 aliphatic carbocycles. The quantitative estimate of drug-likeness (QED) is 0.185. The Kier molecular flexibility index (Phi) is 6.77. The van der Waals surface area contributed by atoms with Gasteiger partial charge in [0.05, 0.1) is 16.8 Å². The fourth-order valence-corrected chi connectivity index (χ4v) is 8.88. The van der Waals surface area contributed by atoms with E-state index in [-0.39, 0.29) is 0 Å². The van der Waals surface area contributed by atoms with Crippen molar-refractivity contribution in [1.29, 1.82) is 0 Å². The summed E-state index contributed by atoms with van der Waals surface area (Å²) in [5, 5.41) is 2.35. The van der Waals surface area contributed by atoms with Crippen LogP contribution in [0.3, 0.4) is 0 Å². The Morgan fingerprint density at radius 2 is 0.926 bits per heavy atom. The first-order valence-electron chi connectivity index (χ1n) is 18.4. The molecule has 1 aliphatic heterocycles. The fraction of sp³-hybridized carbons (Fsp3) is 0.0196. The van der Waals surface area contributed by atoms with Gasteiger partial charge < -0.3 is 4.74 Å². The number of benzene rings is 8. The maximum absolute atomic E-state index is 6.77. The third-order valence-corrected chi connectivity index (χ3v) is 11.2. The summed E-state index contributed by atoms with van der Waals surface area (Å²) in [6, 6.07) is 68.8. The molecule has 2 aliphatic rings. The van der Waals surface area contributed by atoms with E-state index in [0.29, 0.717) is 5.82 Å². The number of ether oxygens (including phenoxy) is 1. The summed E-state index contributed by atoms with van der Waals surface area (Å²) in [5.41, 5.74) is 14.0. The van der Waals surface area contributed by atoms with Crippen LogP contribution in [0.25, 0.3) is 66.9 Å². The van der Waals surface area contributed by atoms with Crippen molar-refractivity contribution in [2.24, 2.45) is 0 Å². The molecule has 0 radical (unpaired) electrons. The maximum atomic E-state index is 6.77. The molecule has 0 fully saturated rings. The molecular formula is C51H32N2O. The first-order valence-corrected chi connectivity index (χ1v) is 18.4. The number of nitrogens with zero attached hydrogens (tertiary/aromatic N) is 2. The molecule has 2 heterocycles. The Bertz CT molecular complexity index is 2860. The molecule has 11 rings (SSSR count). The van der Waals surface area contributed by atoms with Crippen molar-refractivity contribution < 1.29 is 4.74 Å². The van der Waals surface area contributed by atoms with Gasteiger partial charge in [0.25, 0.3) is 0 Å². The van der Waals surface area contributed by atoms with E-state index in [1.807, 2.05) is 6.07 Å². The standard InChI is InChI=1S/C51H32N2O/c1-2-15-35(16-3-1)45-32-46(41-22-12-17-33-14-4-5-18-37(33)41)53-50(52-45)36-30-28-34(29-31-36)38-21-13-27-48-49(38)51(44-25-10-11-26-47(44)54-48)42-23-8-6-19-39(42)40-20-7-9-24-43(40)51/h1-32H. The van der Waals surface area contributed by atoms with Gasteiger partial charge in [0, 0.05) is 27.8 Å². The van der Waals surface area contributed by atoms with Crippen LogP contribution in [0.4, 0.5) is 0 Å². The Balaban J connectivity index is 1.09. The zero-order chi connectivity index (χ0) is 35.6. The molecule has 1 aromatic heterocycles. The van der Waals surface area contributed by atoms with Crippen molar-refractivity contribution in [3.05, 3.63) is 216 Å². The van der Waals surface area contributed by atoms with E-state index in [9.17, 15) is 0 Å². The highest BCUT2D eigenvalue weighted by molar-refractivity contribution is 5.97. The van der Waals surface area contributed by atoms with Gasteiger partial charge in [-0.05, 0) is 62.4 Å². The lowest BCUT2D eigenvalue weighted by molar-refractivity contribution is 0.437. The minimum Gasteiger partial charge on any atom is -0.457 e. The highest BCUT2D eigenvalue weighted by atomic mass is 16.5. The highest BCUT2D eigenvalue weighted by Crippen LogP contribution is 2.63. The van der Waals surface area contributed by atoms with Gasteiger partial charge in [-0.15, -0.1) is 0 Å². The summed E-state index contributed by atoms with van der Waals surface area (Å²) in [6.45, 7) is 0. The van der Waals surface area contributed by atoms with Crippen molar-refractivity contribution in [3.63, 3.8) is 0 Å².